The third-order valence-electron chi connectivity index (χ3n) is 1.12. The van der Waals surface area contributed by atoms with Crippen LogP contribution in [0.4, 0.5) is 0 Å². The fourth-order valence-corrected chi connectivity index (χ4v) is 0.473. The fraction of sp³-hybridized carbons (Fsp3) is 0.500. The van der Waals surface area contributed by atoms with Gasteiger partial charge in [-0.05, 0) is 6.42 Å². The summed E-state index contributed by atoms with van der Waals surface area (Å²) in [6.45, 7) is 8.55. The predicted molar refractivity (Wildman–Crippen MR) is 53.0 cm³/mol. The minimum absolute atomic E-state index is 0.188. The van der Waals surface area contributed by atoms with Gasteiger partial charge < -0.3 is 9.47 Å². The minimum Gasteiger partial charge on any atom is -0.505 e. The number of carbonyl (C=O) groups is 1. The molecule has 0 heterocycles. The quantitative estimate of drug-likeness (QED) is 0.489. The van der Waals surface area contributed by atoms with Gasteiger partial charge in [-0.25, -0.2) is 0 Å². The van der Waals surface area contributed by atoms with Gasteiger partial charge in [0.05, 0.1) is 19.6 Å². The van der Waals surface area contributed by atoms with Crippen LogP contribution in [0.5, 0.6) is 0 Å². The van der Waals surface area contributed by atoms with Crippen molar-refractivity contribution in [2.75, 3.05) is 7.11 Å². The number of hydrogen-bond acceptors (Lipinski definition) is 3. The van der Waals surface area contributed by atoms with Crippen molar-refractivity contribution in [1.82, 2.24) is 0 Å². The van der Waals surface area contributed by atoms with E-state index in [9.17, 15) is 4.79 Å². The number of methoxy groups -OCH3 is 1. The summed E-state index contributed by atoms with van der Waals surface area (Å²) in [4.78, 5) is 10.5. The molecule has 0 saturated carbocycles. The summed E-state index contributed by atoms with van der Waals surface area (Å²) < 4.78 is 8.77. The number of ether oxygens (including phenoxy) is 2. The summed E-state index contributed by atoms with van der Waals surface area (Å²) in [7, 11) is 1.56. The molecule has 0 aliphatic heterocycles. The number of unbranched alkanes of at least 4 members (excludes halogenated alkanes) is 1. The maximum Gasteiger partial charge on any atom is 0.310 e. The highest BCUT2D eigenvalue weighted by Crippen LogP contribution is 1.95. The second-order valence-electron chi connectivity index (χ2n) is 2.16. The zero-order valence-corrected chi connectivity index (χ0v) is 8.41. The second-order valence-corrected chi connectivity index (χ2v) is 2.16. The Morgan fingerprint density at radius 2 is 1.92 bits per heavy atom. The van der Waals surface area contributed by atoms with Crippen LogP contribution in [0.15, 0.2) is 25.7 Å². The Morgan fingerprint density at radius 3 is 2.23 bits per heavy atom. The van der Waals surface area contributed by atoms with Crippen LogP contribution in [0, 0.1) is 0 Å². The number of carbonyl (C=O) groups excluding carboxylic acids is 1. The molecule has 0 aromatic rings. The highest BCUT2D eigenvalue weighted by Gasteiger charge is 1.96. The Labute approximate surface area is 80.0 Å². The first-order valence-corrected chi connectivity index (χ1v) is 4.17. The zero-order chi connectivity index (χ0) is 10.5. The van der Waals surface area contributed by atoms with E-state index in [1.54, 1.807) is 7.11 Å². The average Bonchev–Trinajstić information content (AvgIpc) is 2.16. The monoisotopic (exact) mass is 186 g/mol. The number of rotatable bonds is 5. The van der Waals surface area contributed by atoms with Crippen LogP contribution < -0.4 is 0 Å². The molecule has 0 aromatic carbocycles. The maximum absolute atomic E-state index is 10.5. The highest BCUT2D eigenvalue weighted by molar-refractivity contribution is 5.69. The Kier molecular flexibility index (Phi) is 14.7. The fourth-order valence-electron chi connectivity index (χ4n) is 0.473. The minimum atomic E-state index is -0.188. The van der Waals surface area contributed by atoms with E-state index in [-0.39, 0.29) is 5.97 Å². The zero-order valence-electron chi connectivity index (χ0n) is 8.41. The van der Waals surface area contributed by atoms with Crippen LogP contribution in [0.1, 0.15) is 26.2 Å². The molecule has 0 radical (unpaired) electrons. The molecule has 0 spiro atoms. The summed E-state index contributed by atoms with van der Waals surface area (Å²) in [6.07, 6.45) is 4.96. The van der Waals surface area contributed by atoms with Crippen molar-refractivity contribution >= 4 is 5.97 Å². The van der Waals surface area contributed by atoms with E-state index in [4.69, 9.17) is 0 Å². The highest BCUT2D eigenvalue weighted by atomic mass is 16.5. The van der Waals surface area contributed by atoms with Gasteiger partial charge in [0.1, 0.15) is 0 Å². The summed E-state index contributed by atoms with van der Waals surface area (Å²) in [5.41, 5.74) is 0. The summed E-state index contributed by atoms with van der Waals surface area (Å²) in [5.74, 6) is -0.188. The molecular weight excluding hydrogens is 168 g/mol. The van der Waals surface area contributed by atoms with Gasteiger partial charge in [-0.3, -0.25) is 4.79 Å². The van der Waals surface area contributed by atoms with Crippen molar-refractivity contribution in [2.45, 2.75) is 26.2 Å². The Hall–Kier alpha value is -1.25. The molecule has 0 fully saturated rings. The van der Waals surface area contributed by atoms with Crippen LogP contribution in [0.3, 0.4) is 0 Å². The number of esters is 1. The molecule has 3 nitrogen and oxygen atoms in total. The molecule has 0 rings (SSSR count). The Morgan fingerprint density at radius 1 is 1.38 bits per heavy atom. The van der Waals surface area contributed by atoms with E-state index in [2.05, 4.69) is 22.6 Å². The van der Waals surface area contributed by atoms with Gasteiger partial charge in [0.2, 0.25) is 0 Å². The van der Waals surface area contributed by atoms with Gasteiger partial charge in [-0.15, -0.1) is 0 Å². The van der Waals surface area contributed by atoms with Crippen LogP contribution in [-0.4, -0.2) is 13.1 Å². The molecule has 0 aliphatic rings. The predicted octanol–water partition coefficient (Wildman–Crippen LogP) is 2.64. The molecule has 0 saturated heterocycles. The van der Waals surface area contributed by atoms with E-state index < -0.39 is 0 Å². The van der Waals surface area contributed by atoms with E-state index in [1.807, 2.05) is 6.92 Å². The molecule has 0 amide bonds. The van der Waals surface area contributed by atoms with Gasteiger partial charge in [0, 0.05) is 6.42 Å². The molecule has 76 valence electrons. The average molecular weight is 186 g/mol. The standard InChI is InChI=1S/C7H12O2.C3H6O/c1-3-5-6-7(8)9-4-2;1-3-4-2/h4H,2-3,5-6H2,1H3;3H,1H2,2H3. The first-order valence-electron chi connectivity index (χ1n) is 4.17. The molecule has 0 atom stereocenters. The molecule has 3 heteroatoms. The molecule has 0 unspecified atom stereocenters. The SMILES string of the molecule is C=COC.C=COC(=O)CCCC. The van der Waals surface area contributed by atoms with Crippen molar-refractivity contribution in [2.24, 2.45) is 0 Å². The van der Waals surface area contributed by atoms with Crippen molar-refractivity contribution in [3.63, 3.8) is 0 Å². The van der Waals surface area contributed by atoms with Crippen LogP contribution in [0.2, 0.25) is 0 Å². The van der Waals surface area contributed by atoms with E-state index in [0.29, 0.717) is 6.42 Å². The summed E-state index contributed by atoms with van der Waals surface area (Å²) >= 11 is 0. The largest absolute Gasteiger partial charge is 0.505 e. The van der Waals surface area contributed by atoms with Crippen molar-refractivity contribution < 1.29 is 14.3 Å². The molecule has 0 N–H and O–H groups in total. The van der Waals surface area contributed by atoms with E-state index in [0.717, 1.165) is 19.1 Å². The van der Waals surface area contributed by atoms with E-state index >= 15 is 0 Å². The molecule has 0 bridgehead atoms. The van der Waals surface area contributed by atoms with Crippen LogP contribution in [-0.2, 0) is 14.3 Å². The Bertz CT molecular complexity index is 141. The second kappa shape index (κ2) is 13.3. The topological polar surface area (TPSA) is 35.5 Å². The van der Waals surface area contributed by atoms with Crippen LogP contribution in [0.25, 0.3) is 0 Å². The van der Waals surface area contributed by atoms with Crippen molar-refractivity contribution in [1.29, 1.82) is 0 Å². The van der Waals surface area contributed by atoms with E-state index in [1.165, 1.54) is 6.26 Å². The van der Waals surface area contributed by atoms with Gasteiger partial charge in [-0.2, -0.15) is 0 Å². The molecule has 0 aliphatic carbocycles. The lowest BCUT2D eigenvalue weighted by atomic mass is 10.3. The summed E-state index contributed by atoms with van der Waals surface area (Å²) in [6, 6.07) is 0. The molecule has 13 heavy (non-hydrogen) atoms. The lowest BCUT2D eigenvalue weighted by Crippen LogP contribution is -1.97. The van der Waals surface area contributed by atoms with Gasteiger partial charge in [-0.1, -0.05) is 26.5 Å². The normalized spacial score (nSPS) is 7.54. The van der Waals surface area contributed by atoms with Gasteiger partial charge in [0.15, 0.2) is 0 Å². The summed E-state index contributed by atoms with van der Waals surface area (Å²) in [5, 5.41) is 0. The first kappa shape index (κ1) is 14.3. The smallest absolute Gasteiger partial charge is 0.310 e. The third kappa shape index (κ3) is 18.1. The molecule has 0 aromatic heterocycles. The third-order valence-corrected chi connectivity index (χ3v) is 1.12. The van der Waals surface area contributed by atoms with Crippen molar-refractivity contribution in [3.8, 4) is 0 Å². The number of hydrogen-bond donors (Lipinski definition) is 0. The Balaban J connectivity index is 0. The van der Waals surface area contributed by atoms with Crippen molar-refractivity contribution in [3.05, 3.63) is 25.7 Å². The maximum atomic E-state index is 10.5. The lowest BCUT2D eigenvalue weighted by molar-refractivity contribution is -0.138. The van der Waals surface area contributed by atoms with Gasteiger partial charge in [0.25, 0.3) is 0 Å². The van der Waals surface area contributed by atoms with Gasteiger partial charge >= 0.3 is 5.97 Å². The van der Waals surface area contributed by atoms with Crippen LogP contribution >= 0.6 is 0 Å². The lowest BCUT2D eigenvalue weighted by Gasteiger charge is -1.94. The first-order chi connectivity index (χ1) is 6.22. The molecular formula is C10H18O3.